The maximum absolute atomic E-state index is 12.1. The van der Waals surface area contributed by atoms with Gasteiger partial charge in [-0.25, -0.2) is 4.79 Å². The van der Waals surface area contributed by atoms with Gasteiger partial charge in [-0.2, -0.15) is 4.98 Å². The Kier molecular flexibility index (Phi) is 5.69. The quantitative estimate of drug-likeness (QED) is 0.812. The lowest BCUT2D eigenvalue weighted by atomic mass is 10.1. The zero-order valence-corrected chi connectivity index (χ0v) is 15.7. The summed E-state index contributed by atoms with van der Waals surface area (Å²) in [6.07, 6.45) is 2.38. The number of rotatable bonds is 6. The van der Waals surface area contributed by atoms with Gasteiger partial charge in [-0.15, -0.1) is 0 Å². The third-order valence-corrected chi connectivity index (χ3v) is 4.87. The van der Waals surface area contributed by atoms with Gasteiger partial charge in [0.15, 0.2) is 0 Å². The van der Waals surface area contributed by atoms with E-state index in [1.54, 1.807) is 11.8 Å². The summed E-state index contributed by atoms with van der Waals surface area (Å²) in [5.74, 6) is 0.109. The van der Waals surface area contributed by atoms with Crippen LogP contribution in [0.25, 0.3) is 0 Å². The second-order valence-corrected chi connectivity index (χ2v) is 6.82. The van der Waals surface area contributed by atoms with Crippen molar-refractivity contribution >= 4 is 17.5 Å². The van der Waals surface area contributed by atoms with Crippen molar-refractivity contribution in [2.75, 3.05) is 11.4 Å². The average Bonchev–Trinajstić information content (AvgIpc) is 3.05. The molecule has 1 aromatic heterocycles. The van der Waals surface area contributed by atoms with Crippen molar-refractivity contribution in [2.45, 2.75) is 46.1 Å². The molecule has 0 radical (unpaired) electrons. The number of aromatic nitrogens is 2. The minimum absolute atomic E-state index is 0.0567. The van der Waals surface area contributed by atoms with Crippen molar-refractivity contribution in [3.8, 4) is 0 Å². The van der Waals surface area contributed by atoms with Crippen molar-refractivity contribution < 1.29 is 9.59 Å². The molecule has 142 valence electrons. The maximum atomic E-state index is 12.1. The number of nitrogens with zero attached hydrogens (tertiary/aromatic N) is 2. The smallest absolute Gasteiger partial charge is 0.345 e. The van der Waals surface area contributed by atoms with E-state index in [0.29, 0.717) is 31.5 Å². The first-order chi connectivity index (χ1) is 12.9. The molecule has 0 spiro atoms. The van der Waals surface area contributed by atoms with Crippen molar-refractivity contribution in [1.29, 1.82) is 0 Å². The number of aryl methyl sites for hydroxylation is 2. The molecular formula is C20H24N4O3. The fourth-order valence-electron chi connectivity index (χ4n) is 3.37. The van der Waals surface area contributed by atoms with Gasteiger partial charge in [-0.1, -0.05) is 12.1 Å². The van der Waals surface area contributed by atoms with Gasteiger partial charge in [0.05, 0.1) is 0 Å². The molecular weight excluding hydrogens is 344 g/mol. The first-order valence-corrected chi connectivity index (χ1v) is 9.16. The van der Waals surface area contributed by atoms with E-state index in [4.69, 9.17) is 0 Å². The molecule has 0 bridgehead atoms. The third kappa shape index (κ3) is 4.61. The normalized spacial score (nSPS) is 13.9. The van der Waals surface area contributed by atoms with Gasteiger partial charge in [0.25, 0.3) is 0 Å². The van der Waals surface area contributed by atoms with Crippen molar-refractivity contribution in [1.82, 2.24) is 15.3 Å². The Morgan fingerprint density at radius 1 is 1.22 bits per heavy atom. The number of hydrogen-bond acceptors (Lipinski definition) is 4. The number of amides is 2. The van der Waals surface area contributed by atoms with Gasteiger partial charge in [-0.3, -0.25) is 9.59 Å². The van der Waals surface area contributed by atoms with Crippen LogP contribution in [0.5, 0.6) is 0 Å². The first-order valence-electron chi connectivity index (χ1n) is 9.16. The molecule has 2 N–H and O–H groups in total. The molecule has 2 aromatic rings. The number of anilines is 1. The van der Waals surface area contributed by atoms with Crippen LogP contribution in [-0.2, 0) is 22.6 Å². The van der Waals surface area contributed by atoms with Crippen LogP contribution in [0.15, 0.2) is 29.1 Å². The highest BCUT2D eigenvalue weighted by Gasteiger charge is 2.21. The monoisotopic (exact) mass is 368 g/mol. The van der Waals surface area contributed by atoms with E-state index in [1.807, 2.05) is 31.2 Å². The van der Waals surface area contributed by atoms with E-state index < -0.39 is 0 Å². The molecule has 7 heteroatoms. The van der Waals surface area contributed by atoms with E-state index >= 15 is 0 Å². The lowest BCUT2D eigenvalue weighted by molar-refractivity contribution is -0.121. The van der Waals surface area contributed by atoms with Crippen LogP contribution in [0.2, 0.25) is 0 Å². The minimum atomic E-state index is -0.364. The Hall–Kier alpha value is -2.96. The highest BCUT2D eigenvalue weighted by atomic mass is 16.2. The summed E-state index contributed by atoms with van der Waals surface area (Å²) in [5, 5.41) is 2.91. The second-order valence-electron chi connectivity index (χ2n) is 6.82. The average molecular weight is 368 g/mol. The molecule has 0 saturated carbocycles. The highest BCUT2D eigenvalue weighted by molar-refractivity contribution is 5.95. The number of carbonyl (C=O) groups is 2. The molecule has 2 amide bonds. The summed E-state index contributed by atoms with van der Waals surface area (Å²) >= 11 is 0. The third-order valence-electron chi connectivity index (χ3n) is 4.87. The van der Waals surface area contributed by atoms with E-state index in [2.05, 4.69) is 15.3 Å². The number of nitrogens with one attached hydrogen (secondary N) is 2. The van der Waals surface area contributed by atoms with Crippen LogP contribution in [0.4, 0.5) is 5.69 Å². The largest absolute Gasteiger partial charge is 0.352 e. The van der Waals surface area contributed by atoms with E-state index in [0.717, 1.165) is 35.5 Å². The van der Waals surface area contributed by atoms with Crippen molar-refractivity contribution in [3.63, 3.8) is 0 Å². The molecule has 1 fully saturated rings. The van der Waals surface area contributed by atoms with E-state index in [-0.39, 0.29) is 17.5 Å². The van der Waals surface area contributed by atoms with Crippen molar-refractivity contribution in [2.24, 2.45) is 0 Å². The van der Waals surface area contributed by atoms with Crippen LogP contribution in [0.3, 0.4) is 0 Å². The number of aromatic amines is 1. The van der Waals surface area contributed by atoms with Crippen LogP contribution in [0, 0.1) is 13.8 Å². The molecule has 3 rings (SSSR count). The molecule has 1 saturated heterocycles. The summed E-state index contributed by atoms with van der Waals surface area (Å²) in [7, 11) is 0. The van der Waals surface area contributed by atoms with Crippen LogP contribution < -0.4 is 15.9 Å². The molecule has 0 aliphatic carbocycles. The Morgan fingerprint density at radius 3 is 2.59 bits per heavy atom. The number of benzene rings is 1. The summed E-state index contributed by atoms with van der Waals surface area (Å²) < 4.78 is 0. The number of carbonyl (C=O) groups excluding carboxylic acids is 2. The maximum Gasteiger partial charge on any atom is 0.345 e. The predicted octanol–water partition coefficient (Wildman–Crippen LogP) is 1.76. The Balaban J connectivity index is 1.51. The van der Waals surface area contributed by atoms with Gasteiger partial charge in [0, 0.05) is 43.0 Å². The van der Waals surface area contributed by atoms with Gasteiger partial charge >= 0.3 is 5.69 Å². The zero-order valence-electron chi connectivity index (χ0n) is 15.7. The molecule has 0 atom stereocenters. The van der Waals surface area contributed by atoms with E-state index in [1.165, 1.54) is 0 Å². The standard InChI is InChI=1S/C20H24N4O3/c1-13-17(14(2)23-20(27)22-13)9-10-18(25)21-12-15-5-7-16(8-6-15)24-11-3-4-19(24)26/h5-8H,3-4,9-12H2,1-2H3,(H,21,25)(H,22,23,27). The summed E-state index contributed by atoms with van der Waals surface area (Å²) in [6, 6.07) is 7.70. The molecule has 2 heterocycles. The van der Waals surface area contributed by atoms with Gasteiger partial charge in [-0.05, 0) is 49.9 Å². The molecule has 1 aliphatic heterocycles. The van der Waals surface area contributed by atoms with Crippen LogP contribution >= 0.6 is 0 Å². The molecule has 0 unspecified atom stereocenters. The summed E-state index contributed by atoms with van der Waals surface area (Å²) in [5.41, 5.74) is 3.85. The van der Waals surface area contributed by atoms with E-state index in [9.17, 15) is 14.4 Å². The van der Waals surface area contributed by atoms with Crippen LogP contribution in [0.1, 0.15) is 41.8 Å². The lowest BCUT2D eigenvalue weighted by Crippen LogP contribution is -2.25. The second kappa shape index (κ2) is 8.16. The molecule has 1 aliphatic rings. The van der Waals surface area contributed by atoms with Crippen molar-refractivity contribution in [3.05, 3.63) is 57.3 Å². The Labute approximate surface area is 157 Å². The van der Waals surface area contributed by atoms with Crippen LogP contribution in [-0.4, -0.2) is 28.3 Å². The summed E-state index contributed by atoms with van der Waals surface area (Å²) in [4.78, 5) is 43.6. The Bertz CT molecular complexity index is 876. The molecule has 1 aromatic carbocycles. The molecule has 27 heavy (non-hydrogen) atoms. The minimum Gasteiger partial charge on any atom is -0.352 e. The predicted molar refractivity (Wildman–Crippen MR) is 103 cm³/mol. The van der Waals surface area contributed by atoms with Gasteiger partial charge in [0.2, 0.25) is 11.8 Å². The SMILES string of the molecule is Cc1nc(=O)[nH]c(C)c1CCC(=O)NCc1ccc(N2CCCC2=O)cc1. The fraction of sp³-hybridized carbons (Fsp3) is 0.400. The lowest BCUT2D eigenvalue weighted by Gasteiger charge is -2.16. The summed E-state index contributed by atoms with van der Waals surface area (Å²) in [6.45, 7) is 4.81. The Morgan fingerprint density at radius 2 is 1.96 bits per heavy atom. The van der Waals surface area contributed by atoms with Gasteiger partial charge < -0.3 is 15.2 Å². The topological polar surface area (TPSA) is 95.2 Å². The zero-order chi connectivity index (χ0) is 19.4. The molecule has 7 nitrogen and oxygen atoms in total. The fourth-order valence-corrected chi connectivity index (χ4v) is 3.37. The van der Waals surface area contributed by atoms with Gasteiger partial charge in [0.1, 0.15) is 0 Å². The highest BCUT2D eigenvalue weighted by Crippen LogP contribution is 2.21. The number of hydrogen-bond donors (Lipinski definition) is 2. The number of H-pyrrole nitrogens is 1. The first kappa shape index (κ1) is 18.8.